The molecule has 2 heterocycles. The van der Waals surface area contributed by atoms with Gasteiger partial charge in [0.2, 0.25) is 6.79 Å². The summed E-state index contributed by atoms with van der Waals surface area (Å²) in [7, 11) is 1.65. The summed E-state index contributed by atoms with van der Waals surface area (Å²) in [5.74, 6) is 1.69. The second kappa shape index (κ2) is 9.65. The maximum absolute atomic E-state index is 12.8. The maximum atomic E-state index is 12.8. The number of rotatable bonds is 7. The average Bonchev–Trinajstić information content (AvgIpc) is 3.50. The average molecular weight is 466 g/mol. The topological polar surface area (TPSA) is 85.5 Å². The Morgan fingerprint density at radius 3 is 2.80 bits per heavy atom. The predicted molar refractivity (Wildman–Crippen MR) is 132 cm³/mol. The molecule has 1 aliphatic rings. The van der Waals surface area contributed by atoms with E-state index in [4.69, 9.17) is 14.2 Å². The van der Waals surface area contributed by atoms with Crippen molar-refractivity contribution in [2.45, 2.75) is 13.1 Å². The van der Waals surface area contributed by atoms with Crippen LogP contribution in [0.2, 0.25) is 0 Å². The van der Waals surface area contributed by atoms with Crippen molar-refractivity contribution in [3.05, 3.63) is 95.2 Å². The summed E-state index contributed by atoms with van der Waals surface area (Å²) in [5.41, 5.74) is 3.80. The Morgan fingerprint density at radius 1 is 1.09 bits per heavy atom. The summed E-state index contributed by atoms with van der Waals surface area (Å²) >= 11 is 0. The lowest BCUT2D eigenvalue weighted by Gasteiger charge is -2.07. The van der Waals surface area contributed by atoms with Crippen LogP contribution in [0.15, 0.2) is 78.5 Å². The third kappa shape index (κ3) is 4.68. The molecule has 7 heteroatoms. The van der Waals surface area contributed by atoms with E-state index in [-0.39, 0.29) is 18.9 Å². The Bertz CT molecular complexity index is 1480. The van der Waals surface area contributed by atoms with Crippen molar-refractivity contribution in [3.8, 4) is 23.3 Å². The van der Waals surface area contributed by atoms with Gasteiger partial charge in [-0.15, -0.1) is 0 Å². The van der Waals surface area contributed by atoms with Crippen LogP contribution in [-0.2, 0) is 17.9 Å². The first-order valence-electron chi connectivity index (χ1n) is 11.1. The first-order chi connectivity index (χ1) is 17.1. The predicted octanol–water partition coefficient (Wildman–Crippen LogP) is 4.65. The minimum absolute atomic E-state index is 0.0371. The van der Waals surface area contributed by atoms with Crippen LogP contribution in [0.3, 0.4) is 0 Å². The zero-order valence-electron chi connectivity index (χ0n) is 19.2. The Labute approximate surface area is 202 Å². The number of nitrogens with one attached hydrogen (secondary N) is 1. The molecule has 5 rings (SSSR count). The van der Waals surface area contributed by atoms with Gasteiger partial charge in [-0.1, -0.05) is 36.4 Å². The van der Waals surface area contributed by atoms with Gasteiger partial charge in [-0.05, 0) is 47.5 Å². The first kappa shape index (κ1) is 22.1. The Morgan fingerprint density at radius 2 is 1.94 bits per heavy atom. The van der Waals surface area contributed by atoms with Crippen LogP contribution in [0.25, 0.3) is 17.0 Å². The molecule has 0 spiro atoms. The fourth-order valence-electron chi connectivity index (χ4n) is 4.12. The van der Waals surface area contributed by atoms with E-state index in [9.17, 15) is 10.1 Å². The Balaban J connectivity index is 1.38. The number of nitrogens with zero attached hydrogens (tertiary/aromatic N) is 2. The third-order valence-corrected chi connectivity index (χ3v) is 5.86. The molecule has 174 valence electrons. The van der Waals surface area contributed by atoms with Gasteiger partial charge in [0.15, 0.2) is 11.5 Å². The Hall–Kier alpha value is -4.70. The van der Waals surface area contributed by atoms with Gasteiger partial charge in [0, 0.05) is 35.8 Å². The van der Waals surface area contributed by atoms with Gasteiger partial charge < -0.3 is 24.1 Å². The van der Waals surface area contributed by atoms with Crippen molar-refractivity contribution < 1.29 is 19.0 Å². The number of para-hydroxylation sites is 1. The molecule has 35 heavy (non-hydrogen) atoms. The number of amides is 1. The van der Waals surface area contributed by atoms with Crippen molar-refractivity contribution in [2.24, 2.45) is 0 Å². The first-order valence-corrected chi connectivity index (χ1v) is 11.1. The second-order valence-electron chi connectivity index (χ2n) is 8.12. The lowest BCUT2D eigenvalue weighted by molar-refractivity contribution is -0.117. The fourth-order valence-corrected chi connectivity index (χ4v) is 4.12. The molecule has 1 aliphatic heterocycles. The normalized spacial score (nSPS) is 12.4. The maximum Gasteiger partial charge on any atom is 0.262 e. The van der Waals surface area contributed by atoms with E-state index in [0.29, 0.717) is 18.0 Å². The lowest BCUT2D eigenvalue weighted by atomic mass is 10.1. The summed E-state index contributed by atoms with van der Waals surface area (Å²) in [6, 6.07) is 23.4. The minimum Gasteiger partial charge on any atom is -0.497 e. The smallest absolute Gasteiger partial charge is 0.262 e. The zero-order valence-corrected chi connectivity index (χ0v) is 19.2. The molecule has 0 aliphatic carbocycles. The van der Waals surface area contributed by atoms with Crippen LogP contribution in [-0.4, -0.2) is 24.4 Å². The minimum atomic E-state index is -0.435. The van der Waals surface area contributed by atoms with Gasteiger partial charge in [-0.25, -0.2) is 0 Å². The van der Waals surface area contributed by atoms with Crippen LogP contribution in [0.1, 0.15) is 16.7 Å². The lowest BCUT2D eigenvalue weighted by Crippen LogP contribution is -2.23. The number of nitriles is 1. The molecule has 1 N–H and O–H groups in total. The molecular formula is C28H23N3O4. The monoisotopic (exact) mass is 465 g/mol. The molecule has 1 amide bonds. The molecule has 0 unspecified atom stereocenters. The number of aromatic nitrogens is 1. The largest absolute Gasteiger partial charge is 0.497 e. The number of benzene rings is 3. The van der Waals surface area contributed by atoms with E-state index in [1.54, 1.807) is 13.2 Å². The molecule has 0 radical (unpaired) electrons. The number of methoxy groups -OCH3 is 1. The highest BCUT2D eigenvalue weighted by molar-refractivity contribution is 6.04. The molecule has 0 bridgehead atoms. The van der Waals surface area contributed by atoms with Crippen LogP contribution >= 0.6 is 0 Å². The molecular weight excluding hydrogens is 442 g/mol. The van der Waals surface area contributed by atoms with Crippen LogP contribution in [0.4, 0.5) is 0 Å². The molecule has 1 aromatic heterocycles. The summed E-state index contributed by atoms with van der Waals surface area (Å²) < 4.78 is 18.2. The number of ether oxygens (including phenoxy) is 3. The molecule has 0 saturated carbocycles. The van der Waals surface area contributed by atoms with Crippen LogP contribution < -0.4 is 19.5 Å². The summed E-state index contributed by atoms with van der Waals surface area (Å²) in [4.78, 5) is 12.8. The van der Waals surface area contributed by atoms with E-state index in [0.717, 1.165) is 33.3 Å². The highest BCUT2D eigenvalue weighted by Crippen LogP contribution is 2.32. The standard InChI is InChI=1S/C28H23N3O4/c1-33-23-6-4-5-20(11-23)16-31-17-22(24-7-2-3-8-25(24)31)13-21(14-29)28(32)30-15-19-9-10-26-27(12-19)35-18-34-26/h2-13,17H,15-16,18H2,1H3,(H,30,32)/b21-13+. The van der Waals surface area contributed by atoms with E-state index >= 15 is 0 Å². The molecule has 0 saturated heterocycles. The van der Waals surface area contributed by atoms with E-state index in [1.807, 2.05) is 79.0 Å². The summed E-state index contributed by atoms with van der Waals surface area (Å²) in [5, 5.41) is 13.5. The van der Waals surface area contributed by atoms with Crippen molar-refractivity contribution in [2.75, 3.05) is 13.9 Å². The second-order valence-corrected chi connectivity index (χ2v) is 8.12. The number of hydrogen-bond donors (Lipinski definition) is 1. The molecule has 7 nitrogen and oxygen atoms in total. The van der Waals surface area contributed by atoms with Crippen LogP contribution in [0.5, 0.6) is 17.2 Å². The van der Waals surface area contributed by atoms with Gasteiger partial charge in [0.25, 0.3) is 5.91 Å². The fraction of sp³-hybridized carbons (Fsp3) is 0.143. The van der Waals surface area contributed by atoms with Gasteiger partial charge in [-0.2, -0.15) is 5.26 Å². The Kier molecular flexibility index (Phi) is 6.10. The van der Waals surface area contributed by atoms with Crippen molar-refractivity contribution in [1.82, 2.24) is 9.88 Å². The quantitative estimate of drug-likeness (QED) is 0.317. The van der Waals surface area contributed by atoms with Gasteiger partial charge >= 0.3 is 0 Å². The highest BCUT2D eigenvalue weighted by Gasteiger charge is 2.15. The van der Waals surface area contributed by atoms with Gasteiger partial charge in [0.05, 0.1) is 7.11 Å². The number of carbonyl (C=O) groups excluding carboxylic acids is 1. The van der Waals surface area contributed by atoms with Crippen molar-refractivity contribution >= 4 is 22.9 Å². The summed E-state index contributed by atoms with van der Waals surface area (Å²) in [6.07, 6.45) is 3.60. The molecule has 4 aromatic rings. The summed E-state index contributed by atoms with van der Waals surface area (Å²) in [6.45, 7) is 1.09. The van der Waals surface area contributed by atoms with Gasteiger partial charge in [0.1, 0.15) is 17.4 Å². The van der Waals surface area contributed by atoms with Crippen molar-refractivity contribution in [3.63, 3.8) is 0 Å². The third-order valence-electron chi connectivity index (χ3n) is 5.86. The van der Waals surface area contributed by atoms with Crippen LogP contribution in [0, 0.1) is 11.3 Å². The van der Waals surface area contributed by atoms with Gasteiger partial charge in [-0.3, -0.25) is 4.79 Å². The van der Waals surface area contributed by atoms with E-state index in [2.05, 4.69) is 9.88 Å². The molecule has 0 fully saturated rings. The highest BCUT2D eigenvalue weighted by atomic mass is 16.7. The molecule has 3 aromatic carbocycles. The zero-order chi connectivity index (χ0) is 24.2. The molecule has 0 atom stereocenters. The number of fused-ring (bicyclic) bond motifs is 2. The number of carbonyl (C=O) groups is 1. The van der Waals surface area contributed by atoms with Crippen molar-refractivity contribution in [1.29, 1.82) is 5.26 Å². The SMILES string of the molecule is COc1cccc(Cn2cc(/C=C(\C#N)C(=O)NCc3ccc4c(c3)OCO4)c3ccccc32)c1. The van der Waals surface area contributed by atoms with E-state index in [1.165, 1.54) is 0 Å². The van der Waals surface area contributed by atoms with E-state index < -0.39 is 5.91 Å². The number of hydrogen-bond acceptors (Lipinski definition) is 5.